The van der Waals surface area contributed by atoms with E-state index in [4.69, 9.17) is 0 Å². The Balaban J connectivity index is 2.08. The first-order chi connectivity index (χ1) is 8.60. The van der Waals surface area contributed by atoms with Crippen LogP contribution in [0.25, 0.3) is 0 Å². The summed E-state index contributed by atoms with van der Waals surface area (Å²) in [4.78, 5) is 24.6. The maximum Gasteiger partial charge on any atom is 0.229 e. The molecule has 1 N–H and O–H groups in total. The molecule has 1 aromatic rings. The molecule has 0 unspecified atom stereocenters. The summed E-state index contributed by atoms with van der Waals surface area (Å²) in [7, 11) is 0. The summed E-state index contributed by atoms with van der Waals surface area (Å²) in [5.74, 6) is -0.544. The third-order valence-corrected chi connectivity index (χ3v) is 2.93. The SMILES string of the molecule is CCC(=O)N[C@H]1CC(=O)N(c2cccc(F)c2)C1. The lowest BCUT2D eigenvalue weighted by molar-refractivity contribution is -0.121. The highest BCUT2D eigenvalue weighted by atomic mass is 19.1. The van der Waals surface area contributed by atoms with Gasteiger partial charge in [-0.1, -0.05) is 13.0 Å². The van der Waals surface area contributed by atoms with Gasteiger partial charge in [-0.05, 0) is 18.2 Å². The molecule has 2 rings (SSSR count). The van der Waals surface area contributed by atoms with E-state index in [1.54, 1.807) is 19.1 Å². The van der Waals surface area contributed by atoms with Gasteiger partial charge >= 0.3 is 0 Å². The Morgan fingerprint density at radius 1 is 1.56 bits per heavy atom. The fourth-order valence-corrected chi connectivity index (χ4v) is 2.03. The molecule has 1 saturated heterocycles. The highest BCUT2D eigenvalue weighted by molar-refractivity contribution is 5.96. The lowest BCUT2D eigenvalue weighted by Gasteiger charge is -2.17. The second kappa shape index (κ2) is 5.16. The minimum atomic E-state index is -0.374. The predicted octanol–water partition coefficient (Wildman–Crippen LogP) is 1.46. The highest BCUT2D eigenvalue weighted by Crippen LogP contribution is 2.22. The lowest BCUT2D eigenvalue weighted by atomic mass is 10.2. The minimum absolute atomic E-state index is 0.0751. The largest absolute Gasteiger partial charge is 0.351 e. The van der Waals surface area contributed by atoms with E-state index in [1.165, 1.54) is 17.0 Å². The Bertz CT molecular complexity index is 476. The quantitative estimate of drug-likeness (QED) is 0.882. The Kier molecular flexibility index (Phi) is 3.60. The van der Waals surface area contributed by atoms with Crippen LogP contribution in [0.15, 0.2) is 24.3 Å². The third kappa shape index (κ3) is 2.67. The van der Waals surface area contributed by atoms with Gasteiger partial charge in [0.25, 0.3) is 0 Å². The average molecular weight is 250 g/mol. The van der Waals surface area contributed by atoms with Crippen LogP contribution >= 0.6 is 0 Å². The summed E-state index contributed by atoms with van der Waals surface area (Å²) in [5.41, 5.74) is 0.535. The van der Waals surface area contributed by atoms with Gasteiger partial charge in [0.15, 0.2) is 0 Å². The summed E-state index contributed by atoms with van der Waals surface area (Å²) in [6.45, 7) is 2.16. The van der Waals surface area contributed by atoms with E-state index in [9.17, 15) is 14.0 Å². The summed E-state index contributed by atoms with van der Waals surface area (Å²) in [6.07, 6.45) is 0.660. The lowest BCUT2D eigenvalue weighted by Crippen LogP contribution is -2.36. The van der Waals surface area contributed by atoms with Crippen molar-refractivity contribution in [3.05, 3.63) is 30.1 Å². The summed E-state index contributed by atoms with van der Waals surface area (Å²) < 4.78 is 13.1. The van der Waals surface area contributed by atoms with Crippen molar-refractivity contribution in [2.45, 2.75) is 25.8 Å². The van der Waals surface area contributed by atoms with E-state index in [-0.39, 0.29) is 30.1 Å². The molecule has 1 heterocycles. The van der Waals surface area contributed by atoms with Crippen molar-refractivity contribution in [3.8, 4) is 0 Å². The maximum atomic E-state index is 13.1. The monoisotopic (exact) mass is 250 g/mol. The van der Waals surface area contributed by atoms with Gasteiger partial charge in [0.1, 0.15) is 5.82 Å². The predicted molar refractivity (Wildman–Crippen MR) is 65.6 cm³/mol. The van der Waals surface area contributed by atoms with Crippen LogP contribution in [0.4, 0.5) is 10.1 Å². The Morgan fingerprint density at radius 2 is 2.33 bits per heavy atom. The van der Waals surface area contributed by atoms with Gasteiger partial charge in [-0.2, -0.15) is 0 Å². The van der Waals surface area contributed by atoms with Gasteiger partial charge < -0.3 is 10.2 Å². The van der Waals surface area contributed by atoms with Crippen molar-refractivity contribution in [1.82, 2.24) is 5.32 Å². The van der Waals surface area contributed by atoms with Crippen molar-refractivity contribution in [1.29, 1.82) is 0 Å². The van der Waals surface area contributed by atoms with Gasteiger partial charge in [0.05, 0.1) is 6.04 Å². The van der Waals surface area contributed by atoms with Crippen molar-refractivity contribution in [3.63, 3.8) is 0 Å². The number of benzene rings is 1. The molecule has 2 amide bonds. The number of carbonyl (C=O) groups excluding carboxylic acids is 2. The first-order valence-electron chi connectivity index (χ1n) is 5.95. The average Bonchev–Trinajstić information content (AvgIpc) is 2.70. The number of hydrogen-bond donors (Lipinski definition) is 1. The first-order valence-corrected chi connectivity index (χ1v) is 5.95. The Labute approximate surface area is 105 Å². The molecule has 0 spiro atoms. The number of carbonyl (C=O) groups is 2. The summed E-state index contributed by atoms with van der Waals surface area (Å²) in [6, 6.07) is 5.72. The minimum Gasteiger partial charge on any atom is -0.351 e. The first kappa shape index (κ1) is 12.5. The highest BCUT2D eigenvalue weighted by Gasteiger charge is 2.31. The van der Waals surface area contributed by atoms with Gasteiger partial charge in [-0.3, -0.25) is 9.59 Å². The van der Waals surface area contributed by atoms with E-state index in [0.717, 1.165) is 0 Å². The molecule has 0 aromatic heterocycles. The van der Waals surface area contributed by atoms with Gasteiger partial charge in [0, 0.05) is 25.1 Å². The molecule has 1 aliphatic rings. The number of nitrogens with zero attached hydrogens (tertiary/aromatic N) is 1. The van der Waals surface area contributed by atoms with Crippen molar-refractivity contribution in [2.75, 3.05) is 11.4 Å². The van der Waals surface area contributed by atoms with Crippen LogP contribution in [0.1, 0.15) is 19.8 Å². The number of hydrogen-bond acceptors (Lipinski definition) is 2. The van der Waals surface area contributed by atoms with Gasteiger partial charge in [-0.15, -0.1) is 0 Å². The van der Waals surface area contributed by atoms with Crippen molar-refractivity contribution >= 4 is 17.5 Å². The second-order valence-corrected chi connectivity index (χ2v) is 4.31. The molecular weight excluding hydrogens is 235 g/mol. The van der Waals surface area contributed by atoms with Gasteiger partial charge in [0.2, 0.25) is 11.8 Å². The smallest absolute Gasteiger partial charge is 0.229 e. The number of halogens is 1. The van der Waals surface area contributed by atoms with Crippen LogP contribution in [0.5, 0.6) is 0 Å². The van der Waals surface area contributed by atoms with E-state index in [0.29, 0.717) is 18.7 Å². The molecule has 1 fully saturated rings. The van der Waals surface area contributed by atoms with Crippen LogP contribution in [0, 0.1) is 5.82 Å². The molecule has 1 aliphatic heterocycles. The van der Waals surface area contributed by atoms with E-state index < -0.39 is 0 Å². The van der Waals surface area contributed by atoms with Crippen LogP contribution in [-0.2, 0) is 9.59 Å². The molecule has 0 radical (unpaired) electrons. The molecule has 18 heavy (non-hydrogen) atoms. The third-order valence-electron chi connectivity index (χ3n) is 2.93. The maximum absolute atomic E-state index is 13.1. The topological polar surface area (TPSA) is 49.4 Å². The fraction of sp³-hybridized carbons (Fsp3) is 0.385. The normalized spacial score (nSPS) is 19.1. The number of amides is 2. The number of anilines is 1. The van der Waals surface area contributed by atoms with E-state index in [2.05, 4.69) is 5.32 Å². The molecule has 1 aromatic carbocycles. The zero-order chi connectivity index (χ0) is 13.1. The number of rotatable bonds is 3. The van der Waals surface area contributed by atoms with E-state index >= 15 is 0 Å². The van der Waals surface area contributed by atoms with Crippen molar-refractivity contribution < 1.29 is 14.0 Å². The standard InChI is InChI=1S/C13H15FN2O2/c1-2-12(17)15-10-7-13(18)16(8-10)11-5-3-4-9(14)6-11/h3-6,10H,2,7-8H2,1H3,(H,15,17)/t10-/m0/s1. The van der Waals surface area contributed by atoms with Gasteiger partial charge in [-0.25, -0.2) is 4.39 Å². The van der Waals surface area contributed by atoms with Crippen LogP contribution in [0.3, 0.4) is 0 Å². The Morgan fingerprint density at radius 3 is 3.00 bits per heavy atom. The summed E-state index contributed by atoms with van der Waals surface area (Å²) in [5, 5.41) is 2.78. The summed E-state index contributed by atoms with van der Waals surface area (Å²) >= 11 is 0. The molecule has 5 heteroatoms. The zero-order valence-electron chi connectivity index (χ0n) is 10.1. The van der Waals surface area contributed by atoms with Crippen molar-refractivity contribution in [2.24, 2.45) is 0 Å². The second-order valence-electron chi connectivity index (χ2n) is 4.31. The molecule has 0 saturated carbocycles. The van der Waals surface area contributed by atoms with Crippen LogP contribution < -0.4 is 10.2 Å². The van der Waals surface area contributed by atoms with Crippen LogP contribution in [0.2, 0.25) is 0 Å². The molecule has 4 nitrogen and oxygen atoms in total. The fourth-order valence-electron chi connectivity index (χ4n) is 2.03. The molecule has 1 atom stereocenters. The molecule has 0 aliphatic carbocycles. The zero-order valence-corrected chi connectivity index (χ0v) is 10.1. The van der Waals surface area contributed by atoms with Crippen LogP contribution in [-0.4, -0.2) is 24.4 Å². The molecule has 0 bridgehead atoms. The van der Waals surface area contributed by atoms with E-state index in [1.807, 2.05) is 0 Å². The Hall–Kier alpha value is -1.91. The molecular formula is C13H15FN2O2. The number of nitrogens with one attached hydrogen (secondary N) is 1. The molecule has 96 valence electrons.